The van der Waals surface area contributed by atoms with Gasteiger partial charge in [0.15, 0.2) is 0 Å². The van der Waals surface area contributed by atoms with E-state index in [4.69, 9.17) is 5.73 Å². The summed E-state index contributed by atoms with van der Waals surface area (Å²) < 4.78 is 0. The van der Waals surface area contributed by atoms with E-state index in [1.807, 2.05) is 6.92 Å². The average molecular weight is 246 g/mol. The van der Waals surface area contributed by atoms with Crippen LogP contribution < -0.4 is 11.1 Å². The summed E-state index contributed by atoms with van der Waals surface area (Å²) in [6, 6.07) is 8.46. The van der Waals surface area contributed by atoms with Crippen molar-refractivity contribution in [3.8, 4) is 0 Å². The number of amides is 1. The molecule has 0 aromatic heterocycles. The minimum atomic E-state index is -0.266. The lowest BCUT2D eigenvalue weighted by molar-refractivity contribution is -0.126. The van der Waals surface area contributed by atoms with Gasteiger partial charge in [0.05, 0.1) is 11.5 Å². The maximum absolute atomic E-state index is 12.1. The number of carbonyl (C=O) groups is 1. The van der Waals surface area contributed by atoms with Crippen molar-refractivity contribution >= 4 is 5.91 Å². The number of carbonyl (C=O) groups excluding carboxylic acids is 1. The van der Waals surface area contributed by atoms with Crippen LogP contribution in [0, 0.1) is 5.41 Å². The molecule has 1 aromatic rings. The summed E-state index contributed by atoms with van der Waals surface area (Å²) in [5.41, 5.74) is 7.86. The van der Waals surface area contributed by atoms with Crippen molar-refractivity contribution in [2.45, 2.75) is 39.2 Å². The summed E-state index contributed by atoms with van der Waals surface area (Å²) in [6.45, 7) is 4.62. The van der Waals surface area contributed by atoms with E-state index in [0.29, 0.717) is 6.54 Å². The van der Waals surface area contributed by atoms with Gasteiger partial charge in [-0.1, -0.05) is 31.2 Å². The fourth-order valence-corrected chi connectivity index (χ4v) is 2.15. The van der Waals surface area contributed by atoms with E-state index >= 15 is 0 Å². The van der Waals surface area contributed by atoms with E-state index in [-0.39, 0.29) is 17.4 Å². The highest BCUT2D eigenvalue weighted by Gasteiger charge is 2.48. The van der Waals surface area contributed by atoms with Crippen LogP contribution in [0.15, 0.2) is 24.3 Å². The van der Waals surface area contributed by atoms with Gasteiger partial charge in [0.1, 0.15) is 0 Å². The Balaban J connectivity index is 1.98. The monoisotopic (exact) mass is 246 g/mol. The van der Waals surface area contributed by atoms with E-state index in [1.165, 1.54) is 5.56 Å². The Morgan fingerprint density at radius 1 is 1.39 bits per heavy atom. The molecule has 0 radical (unpaired) electrons. The lowest BCUT2D eigenvalue weighted by Gasteiger charge is -2.19. The summed E-state index contributed by atoms with van der Waals surface area (Å²) in [7, 11) is 0. The van der Waals surface area contributed by atoms with Crippen LogP contribution >= 0.6 is 0 Å². The van der Waals surface area contributed by atoms with E-state index in [1.54, 1.807) is 0 Å². The highest BCUT2D eigenvalue weighted by molar-refractivity contribution is 5.85. The first-order valence-electron chi connectivity index (χ1n) is 6.71. The predicted octanol–water partition coefficient (Wildman–Crippen LogP) is 2.17. The molecule has 0 bridgehead atoms. The van der Waals surface area contributed by atoms with Crippen LogP contribution in [0.2, 0.25) is 0 Å². The molecule has 18 heavy (non-hydrogen) atoms. The predicted molar refractivity (Wildman–Crippen MR) is 73.1 cm³/mol. The second kappa shape index (κ2) is 5.11. The first-order valence-corrected chi connectivity index (χ1v) is 6.71. The Morgan fingerprint density at radius 2 is 2.00 bits per heavy atom. The fraction of sp³-hybridized carbons (Fsp3) is 0.533. The van der Waals surface area contributed by atoms with Gasteiger partial charge in [0.2, 0.25) is 5.91 Å². The molecule has 3 N–H and O–H groups in total. The van der Waals surface area contributed by atoms with Crippen molar-refractivity contribution in [3.05, 3.63) is 35.4 Å². The zero-order valence-electron chi connectivity index (χ0n) is 11.2. The number of hydrogen-bond acceptors (Lipinski definition) is 2. The molecule has 1 aliphatic carbocycles. The van der Waals surface area contributed by atoms with Gasteiger partial charge in [0, 0.05) is 6.54 Å². The molecule has 1 fully saturated rings. The van der Waals surface area contributed by atoms with Crippen LogP contribution in [0.3, 0.4) is 0 Å². The topological polar surface area (TPSA) is 55.1 Å². The zero-order valence-corrected chi connectivity index (χ0v) is 11.2. The first kappa shape index (κ1) is 13.1. The Kier molecular flexibility index (Phi) is 3.71. The Morgan fingerprint density at radius 3 is 2.44 bits per heavy atom. The molecule has 98 valence electrons. The third kappa shape index (κ3) is 2.56. The normalized spacial score (nSPS) is 18.2. The van der Waals surface area contributed by atoms with Gasteiger partial charge in [0.25, 0.3) is 0 Å². The Bertz CT molecular complexity index is 421. The zero-order chi connectivity index (χ0) is 13.2. The highest BCUT2D eigenvalue weighted by Crippen LogP contribution is 2.45. The molecule has 1 aliphatic rings. The van der Waals surface area contributed by atoms with Gasteiger partial charge in [-0.05, 0) is 37.3 Å². The van der Waals surface area contributed by atoms with Crippen LogP contribution in [0.5, 0.6) is 0 Å². The molecule has 1 amide bonds. The standard InChI is InChI=1S/C15H22N2O/c1-3-12-4-6-13(7-5-12)11(2)17-14(18)15(10-16)8-9-15/h4-7,11H,3,8-10,16H2,1-2H3,(H,17,18). The third-order valence-electron chi connectivity index (χ3n) is 3.96. The number of nitrogens with two attached hydrogens (primary N) is 1. The summed E-state index contributed by atoms with van der Waals surface area (Å²) in [5.74, 6) is 0.108. The molecule has 1 unspecified atom stereocenters. The molecule has 1 atom stereocenters. The lowest BCUT2D eigenvalue weighted by atomic mass is 10.0. The van der Waals surface area contributed by atoms with Gasteiger partial charge in [-0.3, -0.25) is 4.79 Å². The van der Waals surface area contributed by atoms with Crippen LogP contribution in [-0.2, 0) is 11.2 Å². The van der Waals surface area contributed by atoms with Crippen LogP contribution in [0.1, 0.15) is 43.9 Å². The van der Waals surface area contributed by atoms with Gasteiger partial charge in [-0.15, -0.1) is 0 Å². The van der Waals surface area contributed by atoms with Crippen molar-refractivity contribution in [2.75, 3.05) is 6.54 Å². The van der Waals surface area contributed by atoms with E-state index in [9.17, 15) is 4.79 Å². The minimum Gasteiger partial charge on any atom is -0.349 e. The van der Waals surface area contributed by atoms with Gasteiger partial charge in [-0.2, -0.15) is 0 Å². The van der Waals surface area contributed by atoms with Crippen molar-refractivity contribution in [3.63, 3.8) is 0 Å². The number of rotatable bonds is 5. The largest absolute Gasteiger partial charge is 0.349 e. The lowest BCUT2D eigenvalue weighted by Crippen LogP contribution is -2.37. The summed E-state index contributed by atoms with van der Waals surface area (Å²) >= 11 is 0. The maximum Gasteiger partial charge on any atom is 0.227 e. The number of hydrogen-bond donors (Lipinski definition) is 2. The number of nitrogens with one attached hydrogen (secondary N) is 1. The fourth-order valence-electron chi connectivity index (χ4n) is 2.15. The second-order valence-electron chi connectivity index (χ2n) is 5.27. The molecule has 2 rings (SSSR count). The maximum atomic E-state index is 12.1. The van der Waals surface area contributed by atoms with E-state index in [2.05, 4.69) is 36.5 Å². The smallest absolute Gasteiger partial charge is 0.227 e. The third-order valence-corrected chi connectivity index (χ3v) is 3.96. The average Bonchev–Trinajstić information content (AvgIpc) is 3.19. The SMILES string of the molecule is CCc1ccc(C(C)NC(=O)C2(CN)CC2)cc1. The van der Waals surface area contributed by atoms with Gasteiger partial charge in [-0.25, -0.2) is 0 Å². The van der Waals surface area contributed by atoms with Crippen molar-refractivity contribution in [2.24, 2.45) is 11.1 Å². The molecule has 0 saturated heterocycles. The van der Waals surface area contributed by atoms with Gasteiger partial charge >= 0.3 is 0 Å². The molecular formula is C15H22N2O. The van der Waals surface area contributed by atoms with Crippen molar-refractivity contribution in [1.29, 1.82) is 0 Å². The van der Waals surface area contributed by atoms with Gasteiger partial charge < -0.3 is 11.1 Å². The summed E-state index contributed by atoms with van der Waals surface area (Å²) in [5, 5.41) is 3.07. The number of aryl methyl sites for hydroxylation is 1. The van der Waals surface area contributed by atoms with Crippen molar-refractivity contribution in [1.82, 2.24) is 5.32 Å². The molecule has 1 aromatic carbocycles. The van der Waals surface area contributed by atoms with Crippen LogP contribution in [0.4, 0.5) is 0 Å². The molecule has 3 nitrogen and oxygen atoms in total. The number of benzene rings is 1. The molecule has 0 heterocycles. The molecule has 0 spiro atoms. The second-order valence-corrected chi connectivity index (χ2v) is 5.27. The van der Waals surface area contributed by atoms with Crippen LogP contribution in [0.25, 0.3) is 0 Å². The summed E-state index contributed by atoms with van der Waals surface area (Å²) in [4.78, 5) is 12.1. The molecule has 3 heteroatoms. The highest BCUT2D eigenvalue weighted by atomic mass is 16.2. The molecule has 0 aliphatic heterocycles. The quantitative estimate of drug-likeness (QED) is 0.836. The van der Waals surface area contributed by atoms with Crippen molar-refractivity contribution < 1.29 is 4.79 Å². The van der Waals surface area contributed by atoms with E-state index in [0.717, 1.165) is 24.8 Å². The minimum absolute atomic E-state index is 0.0485. The molecule has 1 saturated carbocycles. The Labute approximate surface area is 109 Å². The first-order chi connectivity index (χ1) is 8.61. The Hall–Kier alpha value is -1.35. The summed E-state index contributed by atoms with van der Waals surface area (Å²) in [6.07, 6.45) is 2.89. The van der Waals surface area contributed by atoms with E-state index < -0.39 is 0 Å². The van der Waals surface area contributed by atoms with Crippen LogP contribution in [-0.4, -0.2) is 12.5 Å². The molecular weight excluding hydrogens is 224 g/mol.